The van der Waals surface area contributed by atoms with E-state index >= 15 is 0 Å². The summed E-state index contributed by atoms with van der Waals surface area (Å²) < 4.78 is 0. The van der Waals surface area contributed by atoms with E-state index in [1.54, 1.807) is 11.1 Å². The number of hydrogen-bond donors (Lipinski definition) is 1. The molecule has 174 valence electrons. The Morgan fingerprint density at radius 1 is 1.00 bits per heavy atom. The van der Waals surface area contributed by atoms with E-state index in [2.05, 4.69) is 57.3 Å². The zero-order chi connectivity index (χ0) is 19.8. The molecule has 3 rings (SSSR count). The van der Waals surface area contributed by atoms with Crippen molar-refractivity contribution in [1.29, 1.82) is 0 Å². The van der Waals surface area contributed by atoms with Crippen LogP contribution in [0.15, 0.2) is 24.3 Å². The van der Waals surface area contributed by atoms with Gasteiger partial charge in [-0.1, -0.05) is 94.5 Å². The SMILES string of the molecule is C.C.CC.CC.CCC1(CCNCCC(C)(C)C)CC2C[C@@H]2c2ccccc21.O. The zero-order valence-corrected chi connectivity index (χ0v) is 19.4. The smallest absolute Gasteiger partial charge is 0.00319 e. The van der Waals surface area contributed by atoms with Gasteiger partial charge in [0.05, 0.1) is 0 Å². The van der Waals surface area contributed by atoms with Gasteiger partial charge in [-0.2, -0.15) is 0 Å². The van der Waals surface area contributed by atoms with E-state index < -0.39 is 0 Å². The van der Waals surface area contributed by atoms with Crippen LogP contribution in [0.2, 0.25) is 0 Å². The lowest BCUT2D eigenvalue weighted by atomic mass is 9.66. The number of rotatable bonds is 6. The number of benzene rings is 1. The molecule has 0 saturated heterocycles. The average molecular weight is 410 g/mol. The largest absolute Gasteiger partial charge is 0.412 e. The molecule has 0 bridgehead atoms. The molecule has 2 nitrogen and oxygen atoms in total. The Kier molecular flexibility index (Phi) is 17.0. The maximum absolute atomic E-state index is 3.71. The Morgan fingerprint density at radius 3 is 2.14 bits per heavy atom. The van der Waals surface area contributed by atoms with Gasteiger partial charge < -0.3 is 10.8 Å². The molecular weight excluding hydrogens is 354 g/mol. The Labute approximate surface area is 184 Å². The number of hydrogen-bond acceptors (Lipinski definition) is 1. The molecule has 2 heteroatoms. The van der Waals surface area contributed by atoms with Gasteiger partial charge in [-0.25, -0.2) is 0 Å². The van der Waals surface area contributed by atoms with Crippen molar-refractivity contribution >= 4 is 0 Å². The van der Waals surface area contributed by atoms with Gasteiger partial charge in [0.1, 0.15) is 0 Å². The topological polar surface area (TPSA) is 43.5 Å². The van der Waals surface area contributed by atoms with E-state index in [0.29, 0.717) is 10.8 Å². The summed E-state index contributed by atoms with van der Waals surface area (Å²) in [5.41, 5.74) is 4.22. The van der Waals surface area contributed by atoms with Crippen molar-refractivity contribution in [3.63, 3.8) is 0 Å². The molecule has 0 spiro atoms. The Hall–Kier alpha value is -0.860. The second-order valence-electron chi connectivity index (χ2n) is 8.84. The van der Waals surface area contributed by atoms with Gasteiger partial charge in [0.15, 0.2) is 0 Å². The molecule has 3 N–H and O–H groups in total. The van der Waals surface area contributed by atoms with Gasteiger partial charge in [0.2, 0.25) is 0 Å². The summed E-state index contributed by atoms with van der Waals surface area (Å²) >= 11 is 0. The molecule has 0 aromatic heterocycles. The van der Waals surface area contributed by atoms with Crippen LogP contribution in [0.4, 0.5) is 0 Å². The molecule has 0 aliphatic heterocycles. The van der Waals surface area contributed by atoms with Crippen molar-refractivity contribution in [2.45, 2.75) is 114 Å². The van der Waals surface area contributed by atoms with Gasteiger partial charge in [0.25, 0.3) is 0 Å². The van der Waals surface area contributed by atoms with Crippen LogP contribution in [0, 0.1) is 11.3 Å². The van der Waals surface area contributed by atoms with E-state index in [9.17, 15) is 0 Å². The van der Waals surface area contributed by atoms with Crippen LogP contribution in [0.3, 0.4) is 0 Å². The van der Waals surface area contributed by atoms with E-state index in [1.807, 2.05) is 27.7 Å². The van der Waals surface area contributed by atoms with E-state index in [4.69, 9.17) is 0 Å². The van der Waals surface area contributed by atoms with E-state index in [1.165, 1.54) is 32.1 Å². The normalized spacial score (nSPS) is 23.0. The molecule has 1 saturated carbocycles. The minimum atomic E-state index is 0. The standard InChI is InChI=1S/C21H33N.2C2H6.2CH4.H2O/c1-5-21(11-13-22-12-10-20(2,3)4)15-16-14-18(16)17-8-6-7-9-19(17)21;2*1-2;;;/h6-9,16,18,22H,5,10-15H2,1-4H3;2*1-2H3;2*1H4;1H2/t16?,18-,21?;;;;;/m0...../s1. The highest BCUT2D eigenvalue weighted by molar-refractivity contribution is 5.43. The van der Waals surface area contributed by atoms with Crippen LogP contribution in [0.25, 0.3) is 0 Å². The molecule has 1 aromatic rings. The molecule has 0 heterocycles. The lowest BCUT2D eigenvalue weighted by molar-refractivity contribution is 0.303. The summed E-state index contributed by atoms with van der Waals surface area (Å²) in [6.45, 7) is 19.7. The average Bonchev–Trinajstić information content (AvgIpc) is 3.43. The molecule has 29 heavy (non-hydrogen) atoms. The molecule has 2 aliphatic rings. The maximum Gasteiger partial charge on any atom is -0.00319 e. The summed E-state index contributed by atoms with van der Waals surface area (Å²) in [5.74, 6) is 1.87. The third-order valence-electron chi connectivity index (χ3n) is 6.02. The van der Waals surface area contributed by atoms with Crippen LogP contribution >= 0.6 is 0 Å². The molecule has 0 amide bonds. The molecule has 2 aliphatic carbocycles. The van der Waals surface area contributed by atoms with Crippen molar-refractivity contribution in [2.24, 2.45) is 11.3 Å². The molecule has 3 atom stereocenters. The minimum absolute atomic E-state index is 0. The van der Waals surface area contributed by atoms with Crippen LogP contribution < -0.4 is 5.32 Å². The third kappa shape index (κ3) is 8.80. The number of fused-ring (bicyclic) bond motifs is 3. The summed E-state index contributed by atoms with van der Waals surface area (Å²) in [7, 11) is 0. The Morgan fingerprint density at radius 2 is 1.59 bits per heavy atom. The number of nitrogens with one attached hydrogen (secondary N) is 1. The molecule has 1 aromatic carbocycles. The van der Waals surface area contributed by atoms with Crippen molar-refractivity contribution in [3.05, 3.63) is 35.4 Å². The highest BCUT2D eigenvalue weighted by Crippen LogP contribution is 2.61. The van der Waals surface area contributed by atoms with Gasteiger partial charge >= 0.3 is 0 Å². The van der Waals surface area contributed by atoms with Crippen molar-refractivity contribution < 1.29 is 5.48 Å². The molecular formula is C27H55NO. The fraction of sp³-hybridized carbons (Fsp3) is 0.778. The van der Waals surface area contributed by atoms with Gasteiger partial charge in [-0.15, -0.1) is 0 Å². The first-order valence-corrected chi connectivity index (χ1v) is 11.3. The van der Waals surface area contributed by atoms with Crippen molar-refractivity contribution in [1.82, 2.24) is 5.32 Å². The maximum atomic E-state index is 3.71. The van der Waals surface area contributed by atoms with Crippen LogP contribution in [0.5, 0.6) is 0 Å². The monoisotopic (exact) mass is 409 g/mol. The third-order valence-corrected chi connectivity index (χ3v) is 6.02. The lowest BCUT2D eigenvalue weighted by Gasteiger charge is -2.39. The van der Waals surface area contributed by atoms with Crippen LogP contribution in [-0.4, -0.2) is 18.6 Å². The molecule has 1 fully saturated rings. The Balaban J connectivity index is -0.000000911. The molecule has 0 radical (unpaired) electrons. The van der Waals surface area contributed by atoms with Crippen LogP contribution in [-0.2, 0) is 5.41 Å². The van der Waals surface area contributed by atoms with E-state index in [-0.39, 0.29) is 20.3 Å². The van der Waals surface area contributed by atoms with Gasteiger partial charge in [0, 0.05) is 0 Å². The lowest BCUT2D eigenvalue weighted by Crippen LogP contribution is -2.34. The van der Waals surface area contributed by atoms with Gasteiger partial charge in [-0.05, 0) is 79.0 Å². The zero-order valence-electron chi connectivity index (χ0n) is 19.4. The van der Waals surface area contributed by atoms with Crippen LogP contribution in [0.1, 0.15) is 119 Å². The van der Waals surface area contributed by atoms with E-state index in [0.717, 1.165) is 24.9 Å². The minimum Gasteiger partial charge on any atom is -0.412 e. The van der Waals surface area contributed by atoms with Crippen molar-refractivity contribution in [3.8, 4) is 0 Å². The highest BCUT2D eigenvalue weighted by Gasteiger charge is 2.50. The second kappa shape index (κ2) is 15.0. The quantitative estimate of drug-likeness (QED) is 0.479. The predicted octanol–water partition coefficient (Wildman–Crippen LogP) is 7.76. The summed E-state index contributed by atoms with van der Waals surface area (Å²) in [6.07, 6.45) is 6.71. The molecule has 2 unspecified atom stereocenters. The summed E-state index contributed by atoms with van der Waals surface area (Å²) in [4.78, 5) is 0. The first kappa shape index (κ1) is 32.8. The van der Waals surface area contributed by atoms with Crippen molar-refractivity contribution in [2.75, 3.05) is 13.1 Å². The van der Waals surface area contributed by atoms with Gasteiger partial charge in [-0.3, -0.25) is 0 Å². The summed E-state index contributed by atoms with van der Waals surface area (Å²) in [5, 5.41) is 3.71. The summed E-state index contributed by atoms with van der Waals surface area (Å²) in [6, 6.07) is 9.31. The Bertz CT molecular complexity index is 520. The fourth-order valence-electron chi connectivity index (χ4n) is 4.43. The first-order chi connectivity index (χ1) is 12.5. The second-order valence-corrected chi connectivity index (χ2v) is 8.84. The fourth-order valence-corrected chi connectivity index (χ4v) is 4.43. The highest BCUT2D eigenvalue weighted by atomic mass is 16.0. The first-order valence-electron chi connectivity index (χ1n) is 11.3. The predicted molar refractivity (Wildman–Crippen MR) is 135 cm³/mol.